The normalized spacial score (nSPS) is 10.8. The van der Waals surface area contributed by atoms with Crippen molar-refractivity contribution in [1.29, 1.82) is 0 Å². The van der Waals surface area contributed by atoms with Crippen molar-refractivity contribution in [3.05, 3.63) is 53.1 Å². The molecule has 0 unspecified atom stereocenters. The number of hydrogen-bond acceptors (Lipinski definition) is 1. The van der Waals surface area contributed by atoms with Gasteiger partial charge in [0.1, 0.15) is 5.75 Å². The van der Waals surface area contributed by atoms with Crippen LogP contribution in [0.2, 0.25) is 0 Å². The molecule has 1 heterocycles. The average Bonchev–Trinajstić information content (AvgIpc) is 2.78. The van der Waals surface area contributed by atoms with Gasteiger partial charge in [0.25, 0.3) is 0 Å². The van der Waals surface area contributed by atoms with Crippen LogP contribution in [0.25, 0.3) is 22.0 Å². The summed E-state index contributed by atoms with van der Waals surface area (Å²) < 4.78 is 6.17. The van der Waals surface area contributed by atoms with Gasteiger partial charge in [-0.2, -0.15) is 0 Å². The van der Waals surface area contributed by atoms with Crippen LogP contribution >= 0.6 is 15.9 Å². The van der Waals surface area contributed by atoms with Crippen LogP contribution < -0.4 is 4.74 Å². The first-order chi connectivity index (χ1) is 8.76. The van der Waals surface area contributed by atoms with E-state index in [0.29, 0.717) is 0 Å². The van der Waals surface area contributed by atoms with Crippen LogP contribution in [-0.4, -0.2) is 12.1 Å². The van der Waals surface area contributed by atoms with Crippen molar-refractivity contribution in [2.75, 3.05) is 7.11 Å². The van der Waals surface area contributed by atoms with Gasteiger partial charge in [-0.15, -0.1) is 0 Å². The van der Waals surface area contributed by atoms with Crippen molar-refractivity contribution in [1.82, 2.24) is 4.98 Å². The Morgan fingerprint density at radius 1 is 0.944 bits per heavy atom. The molecule has 3 aromatic rings. The summed E-state index contributed by atoms with van der Waals surface area (Å²) in [5.74, 6) is 0.879. The first kappa shape index (κ1) is 11.4. The highest BCUT2D eigenvalue weighted by atomic mass is 79.9. The lowest BCUT2D eigenvalue weighted by molar-refractivity contribution is 0.415. The smallest absolute Gasteiger partial charge is 0.118 e. The second kappa shape index (κ2) is 4.50. The number of aromatic amines is 1. The number of rotatable bonds is 2. The molecule has 0 fully saturated rings. The number of methoxy groups -OCH3 is 1. The molecule has 2 nitrogen and oxygen atoms in total. The van der Waals surface area contributed by atoms with Crippen molar-refractivity contribution in [2.45, 2.75) is 0 Å². The minimum absolute atomic E-state index is 0.879. The maximum Gasteiger partial charge on any atom is 0.118 e. The maximum absolute atomic E-state index is 5.17. The third-order valence-corrected chi connectivity index (χ3v) is 3.44. The van der Waals surface area contributed by atoms with Crippen molar-refractivity contribution in [3.8, 4) is 16.9 Å². The van der Waals surface area contributed by atoms with Crippen LogP contribution in [0.1, 0.15) is 0 Å². The zero-order valence-electron chi connectivity index (χ0n) is 9.91. The zero-order chi connectivity index (χ0) is 12.5. The van der Waals surface area contributed by atoms with Gasteiger partial charge in [0.05, 0.1) is 11.7 Å². The maximum atomic E-state index is 5.17. The largest absolute Gasteiger partial charge is 0.497 e. The van der Waals surface area contributed by atoms with Gasteiger partial charge in [-0.1, -0.05) is 18.2 Å². The molecule has 0 atom stereocenters. The van der Waals surface area contributed by atoms with Crippen LogP contribution in [0.4, 0.5) is 0 Å². The highest BCUT2D eigenvalue weighted by molar-refractivity contribution is 9.10. The van der Waals surface area contributed by atoms with Gasteiger partial charge in [-0.3, -0.25) is 0 Å². The van der Waals surface area contributed by atoms with Gasteiger partial charge in [0.2, 0.25) is 0 Å². The summed E-state index contributed by atoms with van der Waals surface area (Å²) in [5.41, 5.74) is 3.53. The van der Waals surface area contributed by atoms with Gasteiger partial charge in [-0.05, 0) is 57.4 Å². The fourth-order valence-corrected chi connectivity index (χ4v) is 2.52. The lowest BCUT2D eigenvalue weighted by Gasteiger charge is -2.04. The molecule has 1 N–H and O–H groups in total. The second-order valence-electron chi connectivity index (χ2n) is 4.15. The Morgan fingerprint density at radius 3 is 2.39 bits per heavy atom. The molecule has 0 saturated carbocycles. The number of hydrogen-bond donors (Lipinski definition) is 1. The summed E-state index contributed by atoms with van der Waals surface area (Å²) in [6.45, 7) is 0. The molecule has 0 radical (unpaired) electrons. The van der Waals surface area contributed by atoms with E-state index in [4.69, 9.17) is 4.74 Å². The van der Waals surface area contributed by atoms with Crippen molar-refractivity contribution in [3.63, 3.8) is 0 Å². The van der Waals surface area contributed by atoms with E-state index < -0.39 is 0 Å². The second-order valence-corrected chi connectivity index (χ2v) is 5.00. The molecular weight excluding hydrogens is 290 g/mol. The molecule has 90 valence electrons. The molecule has 0 aliphatic carbocycles. The molecule has 1 aromatic heterocycles. The molecule has 0 aliphatic rings. The molecule has 0 saturated heterocycles. The molecule has 0 amide bonds. The van der Waals surface area contributed by atoms with E-state index in [1.807, 2.05) is 12.1 Å². The quantitative estimate of drug-likeness (QED) is 0.735. The van der Waals surface area contributed by atoms with E-state index in [1.165, 1.54) is 16.5 Å². The average molecular weight is 302 g/mol. The van der Waals surface area contributed by atoms with Gasteiger partial charge < -0.3 is 9.72 Å². The molecule has 0 spiro atoms. The summed E-state index contributed by atoms with van der Waals surface area (Å²) in [7, 11) is 1.68. The molecule has 3 rings (SSSR count). The molecule has 18 heavy (non-hydrogen) atoms. The number of fused-ring (bicyclic) bond motifs is 1. The fourth-order valence-electron chi connectivity index (χ4n) is 2.06. The van der Waals surface area contributed by atoms with E-state index in [2.05, 4.69) is 57.3 Å². The van der Waals surface area contributed by atoms with Gasteiger partial charge in [0.15, 0.2) is 0 Å². The summed E-state index contributed by atoms with van der Waals surface area (Å²) in [6.07, 6.45) is 0. The van der Waals surface area contributed by atoms with Crippen LogP contribution in [0, 0.1) is 0 Å². The molecule has 3 heteroatoms. The van der Waals surface area contributed by atoms with E-state index in [9.17, 15) is 0 Å². The fraction of sp³-hybridized carbons (Fsp3) is 0.0667. The number of H-pyrrole nitrogens is 1. The van der Waals surface area contributed by atoms with Crippen LogP contribution in [0.15, 0.2) is 53.1 Å². The molecule has 2 aromatic carbocycles. The summed E-state index contributed by atoms with van der Waals surface area (Å²) in [6, 6.07) is 16.6. The Labute approximate surface area is 114 Å². The van der Waals surface area contributed by atoms with E-state index in [1.54, 1.807) is 7.11 Å². The topological polar surface area (TPSA) is 25.0 Å². The van der Waals surface area contributed by atoms with Crippen LogP contribution in [-0.2, 0) is 0 Å². The minimum Gasteiger partial charge on any atom is -0.497 e. The van der Waals surface area contributed by atoms with Gasteiger partial charge >= 0.3 is 0 Å². The Morgan fingerprint density at radius 2 is 1.67 bits per heavy atom. The zero-order valence-corrected chi connectivity index (χ0v) is 11.5. The lowest BCUT2D eigenvalue weighted by Crippen LogP contribution is -1.82. The number of benzene rings is 2. The number of halogens is 1. The van der Waals surface area contributed by atoms with Crippen molar-refractivity contribution >= 4 is 26.8 Å². The number of aromatic nitrogens is 1. The molecular formula is C15H12BrNO. The highest BCUT2D eigenvalue weighted by Gasteiger charge is 2.02. The standard InChI is InChI=1S/C15H12BrNO/c1-18-13-5-2-10(3-6-13)11-4-7-14-12(8-11)9-15(16)17-14/h2-9,17H,1H3. The van der Waals surface area contributed by atoms with Crippen LogP contribution in [0.3, 0.4) is 0 Å². The summed E-state index contributed by atoms with van der Waals surface area (Å²) >= 11 is 3.45. The number of ether oxygens (including phenoxy) is 1. The van der Waals surface area contributed by atoms with E-state index in [-0.39, 0.29) is 0 Å². The Balaban J connectivity index is 2.06. The van der Waals surface area contributed by atoms with Gasteiger partial charge in [-0.25, -0.2) is 0 Å². The highest BCUT2D eigenvalue weighted by Crippen LogP contribution is 2.27. The minimum atomic E-state index is 0.879. The van der Waals surface area contributed by atoms with E-state index >= 15 is 0 Å². The number of nitrogens with one attached hydrogen (secondary N) is 1. The molecule has 0 aliphatic heterocycles. The Kier molecular flexibility index (Phi) is 2.84. The predicted molar refractivity (Wildman–Crippen MR) is 78.0 cm³/mol. The van der Waals surface area contributed by atoms with Crippen molar-refractivity contribution in [2.24, 2.45) is 0 Å². The Bertz CT molecular complexity index is 685. The third-order valence-electron chi connectivity index (χ3n) is 3.01. The first-order valence-corrected chi connectivity index (χ1v) is 6.48. The van der Waals surface area contributed by atoms with Gasteiger partial charge in [0, 0.05) is 10.9 Å². The lowest BCUT2D eigenvalue weighted by atomic mass is 10.0. The van der Waals surface area contributed by atoms with Crippen LogP contribution in [0.5, 0.6) is 5.75 Å². The van der Waals surface area contributed by atoms with Crippen molar-refractivity contribution < 1.29 is 4.74 Å². The predicted octanol–water partition coefficient (Wildman–Crippen LogP) is 4.61. The first-order valence-electron chi connectivity index (χ1n) is 5.69. The summed E-state index contributed by atoms with van der Waals surface area (Å²) in [4.78, 5) is 3.25. The Hall–Kier alpha value is -1.74. The van der Waals surface area contributed by atoms with E-state index in [0.717, 1.165) is 15.9 Å². The SMILES string of the molecule is COc1ccc(-c2ccc3[nH]c(Br)cc3c2)cc1. The monoisotopic (exact) mass is 301 g/mol. The summed E-state index contributed by atoms with van der Waals surface area (Å²) in [5, 5.41) is 1.20. The molecule has 0 bridgehead atoms. The third kappa shape index (κ3) is 2.02.